The molecule has 1 aliphatic heterocycles. The molecule has 1 saturated heterocycles. The maximum atomic E-state index is 13.0. The number of rotatable bonds is 6. The van der Waals surface area contributed by atoms with Gasteiger partial charge in [0, 0.05) is 49.4 Å². The average molecular weight is 492 g/mol. The van der Waals surface area contributed by atoms with Crippen LogP contribution < -0.4 is 4.90 Å². The largest absolute Gasteiger partial charge is 0.368 e. The van der Waals surface area contributed by atoms with E-state index in [2.05, 4.69) is 4.90 Å². The summed E-state index contributed by atoms with van der Waals surface area (Å²) in [6.07, 6.45) is 0. The molecule has 0 N–H and O–H groups in total. The molecule has 0 aliphatic carbocycles. The molecule has 0 atom stereocenters. The predicted octanol–water partition coefficient (Wildman–Crippen LogP) is 4.71. The highest BCUT2D eigenvalue weighted by atomic mass is 32.2. The van der Waals surface area contributed by atoms with Crippen molar-refractivity contribution < 1.29 is 9.72 Å². The van der Waals surface area contributed by atoms with E-state index in [0.29, 0.717) is 37.8 Å². The number of thioether (sulfide) groups is 1. The highest BCUT2D eigenvalue weighted by Gasteiger charge is 2.22. The quantitative estimate of drug-likeness (QED) is 0.167. The van der Waals surface area contributed by atoms with Crippen molar-refractivity contribution in [1.82, 2.24) is 14.9 Å². The molecule has 0 unspecified atom stereocenters. The Balaban J connectivity index is 1.23. The molecule has 5 rings (SSSR count). The Morgan fingerprint density at radius 2 is 1.76 bits per heavy atom. The fourth-order valence-corrected chi connectivity index (χ4v) is 5.47. The zero-order valence-corrected chi connectivity index (χ0v) is 19.8. The van der Waals surface area contributed by atoms with Gasteiger partial charge in [-0.1, -0.05) is 36.0 Å². The molecule has 0 saturated carbocycles. The number of hydrogen-bond acceptors (Lipinski definition) is 8. The third kappa shape index (κ3) is 4.73. The second-order valence-electron chi connectivity index (χ2n) is 7.78. The Morgan fingerprint density at radius 3 is 2.47 bits per heavy atom. The van der Waals surface area contributed by atoms with Crippen molar-refractivity contribution in [2.24, 2.45) is 0 Å². The summed E-state index contributed by atoms with van der Waals surface area (Å²) < 4.78 is 0. The van der Waals surface area contributed by atoms with Gasteiger partial charge >= 0.3 is 0 Å². The molecule has 3 heterocycles. The molecule has 0 radical (unpaired) electrons. The van der Waals surface area contributed by atoms with E-state index in [0.717, 1.165) is 26.5 Å². The van der Waals surface area contributed by atoms with Crippen LogP contribution in [0.2, 0.25) is 0 Å². The number of carbonyl (C=O) groups excluding carboxylic acids is 1. The maximum Gasteiger partial charge on any atom is 0.269 e. The van der Waals surface area contributed by atoms with Gasteiger partial charge in [0.1, 0.15) is 5.03 Å². The first-order valence-corrected chi connectivity index (χ1v) is 12.7. The van der Waals surface area contributed by atoms with Gasteiger partial charge in [0.2, 0.25) is 5.91 Å². The van der Waals surface area contributed by atoms with Crippen molar-refractivity contribution in [2.75, 3.05) is 36.8 Å². The van der Waals surface area contributed by atoms with Gasteiger partial charge in [-0.05, 0) is 29.6 Å². The molecule has 1 aliphatic rings. The Bertz CT molecular complexity index is 1320. The molecule has 1 fully saturated rings. The van der Waals surface area contributed by atoms with Crippen molar-refractivity contribution >= 4 is 51.3 Å². The lowest BCUT2D eigenvalue weighted by atomic mass is 10.2. The summed E-state index contributed by atoms with van der Waals surface area (Å²) >= 11 is 3.04. The molecule has 1 amide bonds. The van der Waals surface area contributed by atoms with Crippen LogP contribution >= 0.6 is 23.1 Å². The van der Waals surface area contributed by atoms with Gasteiger partial charge < -0.3 is 9.80 Å². The number of thiophene rings is 1. The fourth-order valence-electron chi connectivity index (χ4n) is 3.89. The number of para-hydroxylation sites is 1. The van der Waals surface area contributed by atoms with Crippen LogP contribution in [0.1, 0.15) is 0 Å². The van der Waals surface area contributed by atoms with Crippen molar-refractivity contribution in [3.63, 3.8) is 0 Å². The number of nitro groups is 1. The number of carbonyl (C=O) groups is 1. The SMILES string of the molecule is O=C(CSc1nc(-c2cccs2)nc2ccccc12)N1CCN(c2ccc([N+](=O)[O-])cc2)CC1. The summed E-state index contributed by atoms with van der Waals surface area (Å²) in [5.41, 5.74) is 1.88. The first-order chi connectivity index (χ1) is 16.6. The topological polar surface area (TPSA) is 92.5 Å². The molecule has 34 heavy (non-hydrogen) atoms. The summed E-state index contributed by atoms with van der Waals surface area (Å²) in [5.74, 6) is 1.07. The Labute approximate surface area is 204 Å². The number of anilines is 1. The summed E-state index contributed by atoms with van der Waals surface area (Å²) in [5, 5.41) is 14.6. The van der Waals surface area contributed by atoms with Gasteiger partial charge in [-0.3, -0.25) is 14.9 Å². The number of hydrogen-bond donors (Lipinski definition) is 0. The lowest BCUT2D eigenvalue weighted by Crippen LogP contribution is -2.49. The van der Waals surface area contributed by atoms with Crippen LogP contribution in [-0.4, -0.2) is 57.6 Å². The van der Waals surface area contributed by atoms with Crippen molar-refractivity contribution in [2.45, 2.75) is 5.03 Å². The Hall–Kier alpha value is -3.50. The predicted molar refractivity (Wildman–Crippen MR) is 135 cm³/mol. The van der Waals surface area contributed by atoms with Crippen LogP contribution in [0.3, 0.4) is 0 Å². The third-order valence-electron chi connectivity index (χ3n) is 5.70. The minimum absolute atomic E-state index is 0.0775. The van der Waals surface area contributed by atoms with E-state index >= 15 is 0 Å². The third-order valence-corrected chi connectivity index (χ3v) is 7.54. The first kappa shape index (κ1) is 22.3. The molecule has 10 heteroatoms. The number of fused-ring (bicyclic) bond motifs is 1. The monoisotopic (exact) mass is 491 g/mol. The van der Waals surface area contributed by atoms with E-state index in [1.165, 1.54) is 23.9 Å². The van der Waals surface area contributed by atoms with Gasteiger partial charge in [-0.25, -0.2) is 9.97 Å². The zero-order chi connectivity index (χ0) is 23.5. The highest BCUT2D eigenvalue weighted by Crippen LogP contribution is 2.30. The molecular weight excluding hydrogens is 470 g/mol. The van der Waals surface area contributed by atoms with Crippen molar-refractivity contribution in [3.8, 4) is 10.7 Å². The number of aromatic nitrogens is 2. The summed E-state index contributed by atoms with van der Waals surface area (Å²) in [7, 11) is 0. The van der Waals surface area contributed by atoms with Crippen LogP contribution in [0, 0.1) is 10.1 Å². The summed E-state index contributed by atoms with van der Waals surface area (Å²) in [6, 6.07) is 18.4. The average Bonchev–Trinajstić information content (AvgIpc) is 3.42. The summed E-state index contributed by atoms with van der Waals surface area (Å²) in [4.78, 5) is 37.9. The maximum absolute atomic E-state index is 13.0. The Kier molecular flexibility index (Phi) is 6.41. The zero-order valence-electron chi connectivity index (χ0n) is 18.2. The lowest BCUT2D eigenvalue weighted by molar-refractivity contribution is -0.384. The number of nitrogens with zero attached hydrogens (tertiary/aromatic N) is 5. The van der Waals surface area contributed by atoms with Crippen LogP contribution in [0.5, 0.6) is 0 Å². The van der Waals surface area contributed by atoms with Crippen LogP contribution in [-0.2, 0) is 4.79 Å². The number of benzene rings is 2. The molecule has 8 nitrogen and oxygen atoms in total. The van der Waals surface area contributed by atoms with Crippen LogP contribution in [0.4, 0.5) is 11.4 Å². The van der Waals surface area contributed by atoms with Crippen molar-refractivity contribution in [3.05, 3.63) is 76.2 Å². The molecule has 0 bridgehead atoms. The number of amides is 1. The van der Waals surface area contributed by atoms with Gasteiger partial charge in [0.15, 0.2) is 5.82 Å². The van der Waals surface area contributed by atoms with Gasteiger partial charge in [-0.15, -0.1) is 11.3 Å². The second kappa shape index (κ2) is 9.78. The van der Waals surface area contributed by atoms with Gasteiger partial charge in [0.25, 0.3) is 5.69 Å². The van der Waals surface area contributed by atoms with Crippen LogP contribution in [0.15, 0.2) is 71.1 Å². The van der Waals surface area contributed by atoms with Gasteiger partial charge in [0.05, 0.1) is 21.1 Å². The molecule has 2 aromatic heterocycles. The first-order valence-electron chi connectivity index (χ1n) is 10.8. The van der Waals surface area contributed by atoms with Gasteiger partial charge in [-0.2, -0.15) is 0 Å². The number of piperazine rings is 1. The minimum atomic E-state index is -0.400. The number of non-ortho nitro benzene ring substituents is 1. The molecule has 2 aromatic carbocycles. The molecule has 172 valence electrons. The van der Waals surface area contributed by atoms with Crippen LogP contribution in [0.25, 0.3) is 21.6 Å². The Morgan fingerprint density at radius 1 is 1.00 bits per heavy atom. The smallest absolute Gasteiger partial charge is 0.269 e. The van der Waals surface area contributed by atoms with E-state index in [1.54, 1.807) is 23.5 Å². The number of nitro benzene ring substituents is 1. The highest BCUT2D eigenvalue weighted by molar-refractivity contribution is 8.00. The normalized spacial score (nSPS) is 13.9. The lowest BCUT2D eigenvalue weighted by Gasteiger charge is -2.36. The van der Waals surface area contributed by atoms with E-state index in [4.69, 9.17) is 9.97 Å². The molecule has 0 spiro atoms. The molecular formula is C24H21N5O3S2. The van der Waals surface area contributed by atoms with E-state index in [-0.39, 0.29) is 11.6 Å². The van der Waals surface area contributed by atoms with E-state index in [9.17, 15) is 14.9 Å². The minimum Gasteiger partial charge on any atom is -0.368 e. The van der Waals surface area contributed by atoms with E-state index < -0.39 is 4.92 Å². The molecule has 4 aromatic rings. The van der Waals surface area contributed by atoms with Crippen molar-refractivity contribution in [1.29, 1.82) is 0 Å². The fraction of sp³-hybridized carbons (Fsp3) is 0.208. The standard InChI is InChI=1S/C24H21N5O3S2/c30-22(28-13-11-27(12-14-28)17-7-9-18(10-8-17)29(31)32)16-34-24-19-4-1-2-5-20(19)25-23(26-24)21-6-3-15-33-21/h1-10,15H,11-14,16H2. The van der Waals surface area contributed by atoms with E-state index in [1.807, 2.05) is 46.7 Å². The second-order valence-corrected chi connectivity index (χ2v) is 9.69. The summed E-state index contributed by atoms with van der Waals surface area (Å²) in [6.45, 7) is 2.60.